The Labute approximate surface area is 78.8 Å². The fourth-order valence-electron chi connectivity index (χ4n) is 1.97. The summed E-state index contributed by atoms with van der Waals surface area (Å²) < 4.78 is 0. The summed E-state index contributed by atoms with van der Waals surface area (Å²) in [5.74, 6) is 0.814. The molecule has 2 aliphatic carbocycles. The third-order valence-electron chi connectivity index (χ3n) is 2.67. The first-order valence-corrected chi connectivity index (χ1v) is 4.70. The van der Waals surface area contributed by atoms with E-state index in [9.17, 15) is 5.11 Å². The third-order valence-corrected chi connectivity index (χ3v) is 2.67. The molecule has 2 unspecified atom stereocenters. The molecule has 2 rings (SSSR count). The van der Waals surface area contributed by atoms with Crippen molar-refractivity contribution in [3.05, 3.63) is 48.1 Å². The second-order valence-corrected chi connectivity index (χ2v) is 3.60. The number of hydrogen-bond donors (Lipinski definition) is 1. The summed E-state index contributed by atoms with van der Waals surface area (Å²) in [7, 11) is 0. The molecular formula is C12H14O. The Balaban J connectivity index is 2.16. The maximum Gasteiger partial charge on any atom is 0.0731 e. The standard InChI is InChI=1S/C12H14O/c1-9(13)11-7-4-8-12(11)10-5-2-3-6-10/h2-10,12-13H,1H3. The van der Waals surface area contributed by atoms with Gasteiger partial charge in [0.05, 0.1) is 6.10 Å². The number of aliphatic hydroxyl groups is 1. The Morgan fingerprint density at radius 3 is 2.46 bits per heavy atom. The molecule has 1 heteroatoms. The molecule has 0 heterocycles. The Bertz CT molecular complexity index is 293. The van der Waals surface area contributed by atoms with Crippen LogP contribution in [0.2, 0.25) is 0 Å². The average molecular weight is 174 g/mol. The second kappa shape index (κ2) is 3.35. The van der Waals surface area contributed by atoms with E-state index < -0.39 is 0 Å². The highest BCUT2D eigenvalue weighted by Gasteiger charge is 2.24. The summed E-state index contributed by atoms with van der Waals surface area (Å²) in [5.41, 5.74) is 1.13. The monoisotopic (exact) mass is 174 g/mol. The number of hydrogen-bond acceptors (Lipinski definition) is 1. The molecule has 0 saturated heterocycles. The van der Waals surface area contributed by atoms with Gasteiger partial charge in [0.15, 0.2) is 0 Å². The third kappa shape index (κ3) is 1.52. The fourth-order valence-corrected chi connectivity index (χ4v) is 1.97. The van der Waals surface area contributed by atoms with Gasteiger partial charge in [-0.1, -0.05) is 42.5 Å². The van der Waals surface area contributed by atoms with Gasteiger partial charge in [-0.2, -0.15) is 0 Å². The predicted octanol–water partition coefficient (Wildman–Crippen LogP) is 2.22. The molecule has 0 aliphatic heterocycles. The highest BCUT2D eigenvalue weighted by atomic mass is 16.3. The second-order valence-electron chi connectivity index (χ2n) is 3.60. The highest BCUT2D eigenvalue weighted by Crippen LogP contribution is 2.32. The predicted molar refractivity (Wildman–Crippen MR) is 54.2 cm³/mol. The molecule has 0 fully saturated rings. The minimum Gasteiger partial charge on any atom is -0.389 e. The molecule has 2 atom stereocenters. The lowest BCUT2D eigenvalue weighted by Gasteiger charge is -2.19. The van der Waals surface area contributed by atoms with E-state index >= 15 is 0 Å². The van der Waals surface area contributed by atoms with Crippen LogP contribution >= 0.6 is 0 Å². The molecule has 0 amide bonds. The summed E-state index contributed by atoms with van der Waals surface area (Å²) in [6.07, 6.45) is 14.4. The van der Waals surface area contributed by atoms with Crippen LogP contribution in [0.1, 0.15) is 6.92 Å². The van der Waals surface area contributed by atoms with E-state index in [0.29, 0.717) is 11.8 Å². The van der Waals surface area contributed by atoms with Crippen LogP contribution in [-0.4, -0.2) is 11.2 Å². The summed E-state index contributed by atoms with van der Waals surface area (Å²) >= 11 is 0. The SMILES string of the molecule is CC(O)C1=CC=CC1C1C=CC=C1. The zero-order chi connectivity index (χ0) is 9.26. The topological polar surface area (TPSA) is 20.2 Å². The van der Waals surface area contributed by atoms with Crippen LogP contribution in [0.4, 0.5) is 0 Å². The lowest BCUT2D eigenvalue weighted by molar-refractivity contribution is 0.219. The van der Waals surface area contributed by atoms with Crippen molar-refractivity contribution in [2.75, 3.05) is 0 Å². The van der Waals surface area contributed by atoms with Crippen molar-refractivity contribution >= 4 is 0 Å². The van der Waals surface area contributed by atoms with Gasteiger partial charge in [-0.15, -0.1) is 0 Å². The quantitative estimate of drug-likeness (QED) is 0.680. The van der Waals surface area contributed by atoms with Gasteiger partial charge in [-0.25, -0.2) is 0 Å². The van der Waals surface area contributed by atoms with Crippen LogP contribution in [0, 0.1) is 11.8 Å². The minimum atomic E-state index is -0.331. The lowest BCUT2D eigenvalue weighted by atomic mass is 9.87. The van der Waals surface area contributed by atoms with E-state index in [4.69, 9.17) is 0 Å². The van der Waals surface area contributed by atoms with Crippen LogP contribution in [0.3, 0.4) is 0 Å². The van der Waals surface area contributed by atoms with E-state index in [1.807, 2.05) is 19.1 Å². The average Bonchev–Trinajstić information content (AvgIpc) is 2.74. The van der Waals surface area contributed by atoms with Gasteiger partial charge >= 0.3 is 0 Å². The van der Waals surface area contributed by atoms with E-state index in [1.54, 1.807) is 0 Å². The zero-order valence-electron chi connectivity index (χ0n) is 7.72. The van der Waals surface area contributed by atoms with Crippen molar-refractivity contribution in [1.29, 1.82) is 0 Å². The van der Waals surface area contributed by atoms with Crippen molar-refractivity contribution in [2.24, 2.45) is 11.8 Å². The number of rotatable bonds is 2. The van der Waals surface area contributed by atoms with Gasteiger partial charge in [0.2, 0.25) is 0 Å². The molecule has 1 nitrogen and oxygen atoms in total. The first kappa shape index (κ1) is 8.52. The van der Waals surface area contributed by atoms with E-state index in [0.717, 1.165) is 5.57 Å². The largest absolute Gasteiger partial charge is 0.389 e. The van der Waals surface area contributed by atoms with Crippen molar-refractivity contribution in [3.63, 3.8) is 0 Å². The normalized spacial score (nSPS) is 28.5. The van der Waals surface area contributed by atoms with Crippen LogP contribution in [0.5, 0.6) is 0 Å². The molecule has 0 aromatic carbocycles. The van der Waals surface area contributed by atoms with E-state index in [2.05, 4.69) is 30.4 Å². The van der Waals surface area contributed by atoms with Gasteiger partial charge in [0.1, 0.15) is 0 Å². The minimum absolute atomic E-state index is 0.331. The molecule has 0 aromatic rings. The molecule has 68 valence electrons. The Morgan fingerprint density at radius 1 is 1.15 bits per heavy atom. The van der Waals surface area contributed by atoms with E-state index in [1.165, 1.54) is 0 Å². The smallest absolute Gasteiger partial charge is 0.0731 e. The maximum absolute atomic E-state index is 9.53. The summed E-state index contributed by atoms with van der Waals surface area (Å²) in [6.45, 7) is 1.83. The molecular weight excluding hydrogens is 160 g/mol. The van der Waals surface area contributed by atoms with Crippen LogP contribution in [0.15, 0.2) is 48.1 Å². The van der Waals surface area contributed by atoms with Crippen LogP contribution in [0.25, 0.3) is 0 Å². The molecule has 0 spiro atoms. The molecule has 0 aromatic heterocycles. The highest BCUT2D eigenvalue weighted by molar-refractivity contribution is 5.35. The van der Waals surface area contributed by atoms with Gasteiger partial charge < -0.3 is 5.11 Å². The Morgan fingerprint density at radius 2 is 1.85 bits per heavy atom. The van der Waals surface area contributed by atoms with Crippen molar-refractivity contribution in [1.82, 2.24) is 0 Å². The van der Waals surface area contributed by atoms with Crippen LogP contribution in [-0.2, 0) is 0 Å². The van der Waals surface area contributed by atoms with Crippen molar-refractivity contribution in [3.8, 4) is 0 Å². The van der Waals surface area contributed by atoms with Gasteiger partial charge in [0, 0.05) is 11.8 Å². The lowest BCUT2D eigenvalue weighted by Crippen LogP contribution is -2.16. The fraction of sp³-hybridized carbons (Fsp3) is 0.333. The molecule has 2 aliphatic rings. The van der Waals surface area contributed by atoms with Gasteiger partial charge in [0.25, 0.3) is 0 Å². The van der Waals surface area contributed by atoms with Crippen LogP contribution < -0.4 is 0 Å². The van der Waals surface area contributed by atoms with E-state index in [-0.39, 0.29) is 6.10 Å². The Hall–Kier alpha value is -1.08. The summed E-state index contributed by atoms with van der Waals surface area (Å²) in [4.78, 5) is 0. The summed E-state index contributed by atoms with van der Waals surface area (Å²) in [6, 6.07) is 0. The van der Waals surface area contributed by atoms with Crippen molar-refractivity contribution in [2.45, 2.75) is 13.0 Å². The molecule has 0 radical (unpaired) electrons. The first-order valence-electron chi connectivity index (χ1n) is 4.70. The summed E-state index contributed by atoms with van der Waals surface area (Å²) in [5, 5.41) is 9.53. The molecule has 1 N–H and O–H groups in total. The number of aliphatic hydroxyl groups excluding tert-OH is 1. The molecule has 13 heavy (non-hydrogen) atoms. The van der Waals surface area contributed by atoms with Gasteiger partial charge in [-0.05, 0) is 12.5 Å². The Kier molecular flexibility index (Phi) is 2.19. The molecule has 0 saturated carbocycles. The van der Waals surface area contributed by atoms with Gasteiger partial charge in [-0.3, -0.25) is 0 Å². The first-order chi connectivity index (χ1) is 6.29. The maximum atomic E-state index is 9.53. The number of allylic oxidation sites excluding steroid dienone is 7. The van der Waals surface area contributed by atoms with Crippen molar-refractivity contribution < 1.29 is 5.11 Å². The zero-order valence-corrected chi connectivity index (χ0v) is 7.72. The molecule has 0 bridgehead atoms.